The monoisotopic (exact) mass is 371 g/mol. The molecule has 3 nitrogen and oxygen atoms in total. The summed E-state index contributed by atoms with van der Waals surface area (Å²) in [6.07, 6.45) is 2.09. The van der Waals surface area contributed by atoms with Crippen LogP contribution in [-0.2, 0) is 17.0 Å². The van der Waals surface area contributed by atoms with Gasteiger partial charge in [0.15, 0.2) is 0 Å². The second kappa shape index (κ2) is 10.9. The fraction of sp³-hybridized carbons (Fsp3) is 0.409. The van der Waals surface area contributed by atoms with Crippen LogP contribution in [0.4, 0.5) is 0 Å². The van der Waals surface area contributed by atoms with Gasteiger partial charge in [-0.2, -0.15) is 0 Å². The summed E-state index contributed by atoms with van der Waals surface area (Å²) in [7, 11) is 0. The number of hydrogen-bond acceptors (Lipinski definition) is 3. The van der Waals surface area contributed by atoms with Gasteiger partial charge in [-0.3, -0.25) is 4.79 Å². The third kappa shape index (κ3) is 7.52. The number of nitrogens with one attached hydrogen (secondary N) is 1. The molecule has 0 spiro atoms. The Kier molecular flexibility index (Phi) is 8.56. The van der Waals surface area contributed by atoms with Crippen LogP contribution in [0.25, 0.3) is 0 Å². The van der Waals surface area contributed by atoms with E-state index >= 15 is 0 Å². The van der Waals surface area contributed by atoms with Gasteiger partial charge in [-0.1, -0.05) is 36.4 Å². The first-order chi connectivity index (χ1) is 12.5. The summed E-state index contributed by atoms with van der Waals surface area (Å²) >= 11 is 1.66. The fourth-order valence-electron chi connectivity index (χ4n) is 2.60. The fourth-order valence-corrected chi connectivity index (χ4v) is 3.54. The zero-order chi connectivity index (χ0) is 18.8. The number of carbonyl (C=O) groups excluding carboxylic acids is 1. The predicted octanol–water partition coefficient (Wildman–Crippen LogP) is 4.76. The quantitative estimate of drug-likeness (QED) is 0.612. The van der Waals surface area contributed by atoms with E-state index in [4.69, 9.17) is 4.74 Å². The number of rotatable bonds is 10. The lowest BCUT2D eigenvalue weighted by atomic mass is 10.1. The van der Waals surface area contributed by atoms with E-state index in [-0.39, 0.29) is 12.0 Å². The van der Waals surface area contributed by atoms with E-state index in [0.29, 0.717) is 12.3 Å². The maximum absolute atomic E-state index is 11.9. The molecule has 2 aromatic rings. The van der Waals surface area contributed by atoms with Gasteiger partial charge in [0.2, 0.25) is 5.91 Å². The molecule has 0 bridgehead atoms. The first-order valence-corrected chi connectivity index (χ1v) is 10.3. The van der Waals surface area contributed by atoms with Crippen LogP contribution in [0.15, 0.2) is 48.5 Å². The van der Waals surface area contributed by atoms with Gasteiger partial charge >= 0.3 is 0 Å². The first kappa shape index (κ1) is 20.4. The summed E-state index contributed by atoms with van der Waals surface area (Å²) < 4.78 is 5.64. The number of aryl methyl sites for hydroxylation is 2. The smallest absolute Gasteiger partial charge is 0.230 e. The van der Waals surface area contributed by atoms with Crippen molar-refractivity contribution >= 4 is 17.7 Å². The van der Waals surface area contributed by atoms with Crippen molar-refractivity contribution in [2.45, 2.75) is 45.5 Å². The third-order valence-corrected chi connectivity index (χ3v) is 4.99. The minimum Gasteiger partial charge on any atom is -0.491 e. The molecule has 2 aromatic carbocycles. The molecule has 140 valence electrons. The van der Waals surface area contributed by atoms with Gasteiger partial charge in [0.05, 0.1) is 11.9 Å². The van der Waals surface area contributed by atoms with Gasteiger partial charge in [0.25, 0.3) is 0 Å². The zero-order valence-electron chi connectivity index (χ0n) is 16.0. The number of ether oxygens (including phenoxy) is 1. The Hall–Kier alpha value is -1.94. The van der Waals surface area contributed by atoms with Gasteiger partial charge in [0, 0.05) is 12.3 Å². The van der Waals surface area contributed by atoms with E-state index in [1.807, 2.05) is 38.1 Å². The van der Waals surface area contributed by atoms with E-state index in [1.54, 1.807) is 11.8 Å². The minimum absolute atomic E-state index is 0.115. The Labute approximate surface area is 161 Å². The van der Waals surface area contributed by atoms with Crippen molar-refractivity contribution in [3.05, 3.63) is 65.2 Å². The van der Waals surface area contributed by atoms with E-state index < -0.39 is 0 Å². The molecule has 0 radical (unpaired) electrons. The van der Waals surface area contributed by atoms with E-state index in [0.717, 1.165) is 24.3 Å². The van der Waals surface area contributed by atoms with Gasteiger partial charge in [-0.15, -0.1) is 11.8 Å². The number of benzene rings is 2. The van der Waals surface area contributed by atoms with E-state index in [2.05, 4.69) is 36.5 Å². The van der Waals surface area contributed by atoms with Crippen molar-refractivity contribution in [3.63, 3.8) is 0 Å². The highest BCUT2D eigenvalue weighted by Crippen LogP contribution is 2.16. The Bertz CT molecular complexity index is 683. The second-order valence-corrected chi connectivity index (χ2v) is 7.67. The average molecular weight is 372 g/mol. The van der Waals surface area contributed by atoms with Gasteiger partial charge in [-0.05, 0) is 62.4 Å². The van der Waals surface area contributed by atoms with Crippen LogP contribution in [0.5, 0.6) is 5.75 Å². The van der Waals surface area contributed by atoms with Crippen LogP contribution in [0.1, 0.15) is 37.0 Å². The van der Waals surface area contributed by atoms with Crippen molar-refractivity contribution in [1.29, 1.82) is 0 Å². The Morgan fingerprint density at radius 1 is 1.12 bits per heavy atom. The number of thioether (sulfide) groups is 1. The topological polar surface area (TPSA) is 38.3 Å². The number of carbonyl (C=O) groups is 1. The van der Waals surface area contributed by atoms with Crippen LogP contribution in [0, 0.1) is 6.92 Å². The first-order valence-electron chi connectivity index (χ1n) is 9.19. The lowest BCUT2D eigenvalue weighted by Crippen LogP contribution is -2.26. The molecule has 0 heterocycles. The molecule has 0 saturated heterocycles. The molecule has 0 aliphatic rings. The maximum Gasteiger partial charge on any atom is 0.230 e. The SMILES string of the molecule is Cc1ccccc1CSCC(=O)NCCCc1ccc(OC(C)C)cc1. The average Bonchev–Trinajstić information content (AvgIpc) is 2.61. The van der Waals surface area contributed by atoms with Crippen molar-refractivity contribution in [1.82, 2.24) is 5.32 Å². The van der Waals surface area contributed by atoms with Crippen molar-refractivity contribution in [2.24, 2.45) is 0 Å². The normalized spacial score (nSPS) is 10.8. The summed E-state index contributed by atoms with van der Waals surface area (Å²) in [4.78, 5) is 11.9. The molecular weight excluding hydrogens is 342 g/mol. The molecule has 4 heteroatoms. The molecule has 0 aliphatic heterocycles. The van der Waals surface area contributed by atoms with Gasteiger partial charge in [-0.25, -0.2) is 0 Å². The molecular formula is C22H29NO2S. The molecule has 0 saturated carbocycles. The minimum atomic E-state index is 0.115. The Balaban J connectivity index is 1.59. The molecule has 2 rings (SSSR count). The lowest BCUT2D eigenvalue weighted by molar-refractivity contribution is -0.118. The Morgan fingerprint density at radius 2 is 1.85 bits per heavy atom. The standard InChI is InChI=1S/C22H29NO2S/c1-17(2)25-21-12-10-19(11-13-21)8-6-14-23-22(24)16-26-15-20-9-5-4-7-18(20)3/h4-5,7,9-13,17H,6,8,14-16H2,1-3H3,(H,23,24). The van der Waals surface area contributed by atoms with Crippen LogP contribution in [-0.4, -0.2) is 24.3 Å². The molecule has 0 atom stereocenters. The highest BCUT2D eigenvalue weighted by Gasteiger charge is 2.03. The molecule has 0 unspecified atom stereocenters. The van der Waals surface area contributed by atoms with Crippen LogP contribution < -0.4 is 10.1 Å². The summed E-state index contributed by atoms with van der Waals surface area (Å²) in [6.45, 7) is 6.87. The second-order valence-electron chi connectivity index (χ2n) is 6.68. The highest BCUT2D eigenvalue weighted by atomic mass is 32.2. The lowest BCUT2D eigenvalue weighted by Gasteiger charge is -2.10. The molecule has 0 aliphatic carbocycles. The molecule has 0 aromatic heterocycles. The Morgan fingerprint density at radius 3 is 2.54 bits per heavy atom. The third-order valence-electron chi connectivity index (χ3n) is 4.01. The summed E-state index contributed by atoms with van der Waals surface area (Å²) in [6, 6.07) is 16.5. The summed E-state index contributed by atoms with van der Waals surface area (Å²) in [5.74, 6) is 2.41. The van der Waals surface area contributed by atoms with Crippen molar-refractivity contribution in [2.75, 3.05) is 12.3 Å². The molecule has 1 amide bonds. The van der Waals surface area contributed by atoms with Crippen molar-refractivity contribution < 1.29 is 9.53 Å². The van der Waals surface area contributed by atoms with Gasteiger partial charge < -0.3 is 10.1 Å². The largest absolute Gasteiger partial charge is 0.491 e. The predicted molar refractivity (Wildman–Crippen MR) is 111 cm³/mol. The highest BCUT2D eigenvalue weighted by molar-refractivity contribution is 7.99. The number of amides is 1. The van der Waals surface area contributed by atoms with Gasteiger partial charge in [0.1, 0.15) is 5.75 Å². The van der Waals surface area contributed by atoms with Crippen LogP contribution >= 0.6 is 11.8 Å². The van der Waals surface area contributed by atoms with E-state index in [1.165, 1.54) is 16.7 Å². The zero-order valence-corrected chi connectivity index (χ0v) is 16.8. The summed E-state index contributed by atoms with van der Waals surface area (Å²) in [5.41, 5.74) is 3.85. The molecule has 0 fully saturated rings. The number of hydrogen-bond donors (Lipinski definition) is 1. The van der Waals surface area contributed by atoms with E-state index in [9.17, 15) is 4.79 Å². The van der Waals surface area contributed by atoms with Crippen molar-refractivity contribution in [3.8, 4) is 5.75 Å². The van der Waals surface area contributed by atoms with Crippen LogP contribution in [0.3, 0.4) is 0 Å². The van der Waals surface area contributed by atoms with Crippen LogP contribution in [0.2, 0.25) is 0 Å². The maximum atomic E-state index is 11.9. The molecule has 26 heavy (non-hydrogen) atoms. The molecule has 1 N–H and O–H groups in total. The summed E-state index contributed by atoms with van der Waals surface area (Å²) in [5, 5.41) is 3.01.